The van der Waals surface area contributed by atoms with Crippen LogP contribution >= 0.6 is 11.6 Å². The number of carbonyl (C=O) groups excluding carboxylic acids is 2. The number of aliphatic hydroxyl groups is 1. The van der Waals surface area contributed by atoms with Crippen LogP contribution in [-0.2, 0) is 35.0 Å². The quantitative estimate of drug-likeness (QED) is 0.0959. The lowest BCUT2D eigenvalue weighted by atomic mass is 9.92. The third kappa shape index (κ3) is 13.9. The lowest BCUT2D eigenvalue weighted by Gasteiger charge is -2.33. The molecule has 1 N–H and O–H groups in total. The Balaban J connectivity index is 0.000000790. The van der Waals surface area contributed by atoms with Crippen molar-refractivity contribution in [3.8, 4) is 0 Å². The lowest BCUT2D eigenvalue weighted by molar-refractivity contribution is -0.278. The minimum atomic E-state index is -4.94. The SMILES string of the molecule is CC(C)=CCC[C@H](C)O.CO[C@@](C(=O)Cl)(c1ccccc1)C(F)(F)F.CO[C@@](C(=O)O[C@@H](C)CCC=C(C)C)(c1ccccc1)C(F)(F)F. The van der Waals surface area contributed by atoms with Crippen LogP contribution < -0.4 is 0 Å². The highest BCUT2D eigenvalue weighted by Gasteiger charge is 2.64. The number of methoxy groups -OCH3 is 2. The Labute approximate surface area is 290 Å². The number of halogens is 7. The summed E-state index contributed by atoms with van der Waals surface area (Å²) in [6.07, 6.45) is -3.65. The van der Waals surface area contributed by atoms with Gasteiger partial charge in [0.05, 0.1) is 12.2 Å². The molecule has 2 aromatic rings. The second kappa shape index (κ2) is 21.1. The summed E-state index contributed by atoms with van der Waals surface area (Å²) in [5, 5.41) is 7.22. The summed E-state index contributed by atoms with van der Waals surface area (Å²) in [4.78, 5) is 23.4. The van der Waals surface area contributed by atoms with E-state index in [0.717, 1.165) is 44.8 Å². The van der Waals surface area contributed by atoms with E-state index in [1.165, 1.54) is 48.0 Å². The molecule has 276 valence electrons. The third-order valence-electron chi connectivity index (χ3n) is 6.91. The summed E-state index contributed by atoms with van der Waals surface area (Å²) < 4.78 is 93.8. The van der Waals surface area contributed by atoms with Crippen LogP contribution in [0.25, 0.3) is 0 Å². The van der Waals surface area contributed by atoms with Gasteiger partial charge in [0.1, 0.15) is 0 Å². The molecule has 0 aliphatic rings. The van der Waals surface area contributed by atoms with E-state index in [2.05, 4.69) is 29.4 Å². The molecule has 0 aliphatic heterocycles. The second-order valence-electron chi connectivity index (χ2n) is 11.6. The molecule has 0 spiro atoms. The van der Waals surface area contributed by atoms with Gasteiger partial charge in [-0.05, 0) is 78.8 Å². The fourth-order valence-electron chi connectivity index (χ4n) is 4.31. The summed E-state index contributed by atoms with van der Waals surface area (Å²) in [5.41, 5.74) is -4.45. The minimum absolute atomic E-state index is 0.152. The predicted molar refractivity (Wildman–Crippen MR) is 178 cm³/mol. The Morgan fingerprint density at radius 1 is 0.714 bits per heavy atom. The van der Waals surface area contributed by atoms with E-state index in [0.29, 0.717) is 12.8 Å². The van der Waals surface area contributed by atoms with Crippen molar-refractivity contribution in [1.29, 1.82) is 0 Å². The maximum absolute atomic E-state index is 13.7. The fourth-order valence-corrected chi connectivity index (χ4v) is 4.60. The van der Waals surface area contributed by atoms with E-state index in [9.17, 15) is 35.9 Å². The zero-order valence-electron chi connectivity index (χ0n) is 29.0. The standard InChI is InChI=1S/C18H23F3O3.C10H8ClF3O2.C8H16O/c1-13(2)9-8-10-14(3)24-16(22)17(23-4,18(19,20)21)15-11-6-5-7-12-15;1-16-9(8(11)15,10(12,13)14)7-5-3-2-4-6-7;1-7(2)5-4-6-8(3)9/h5-7,9,11-12,14H,8,10H2,1-4H3;2-6H,1H3;5,8-9H,4,6H2,1-3H3/t14-,17+;9-;8-/m010/s1. The molecule has 2 rings (SSSR count). The van der Waals surface area contributed by atoms with E-state index < -0.39 is 40.9 Å². The molecule has 4 atom stereocenters. The molecule has 6 nitrogen and oxygen atoms in total. The average Bonchev–Trinajstić information content (AvgIpc) is 2.98. The summed E-state index contributed by atoms with van der Waals surface area (Å²) >= 11 is 5.04. The molecule has 0 aromatic heterocycles. The van der Waals surface area contributed by atoms with Gasteiger partial charge in [-0.3, -0.25) is 4.79 Å². The summed E-state index contributed by atoms with van der Waals surface area (Å²) in [6, 6.07) is 13.3. The number of benzene rings is 2. The molecule has 0 amide bonds. The molecule has 0 radical (unpaired) electrons. The molecule has 0 bridgehead atoms. The first kappa shape index (κ1) is 45.8. The first-order chi connectivity index (χ1) is 22.6. The number of aliphatic hydroxyl groups excluding tert-OH is 1. The first-order valence-electron chi connectivity index (χ1n) is 15.3. The molecule has 0 unspecified atom stereocenters. The normalized spacial score (nSPS) is 14.9. The van der Waals surface area contributed by atoms with Crippen LogP contribution in [-0.4, -0.2) is 55.1 Å². The third-order valence-corrected chi connectivity index (χ3v) is 7.17. The highest BCUT2D eigenvalue weighted by molar-refractivity contribution is 6.65. The molecule has 0 aliphatic carbocycles. The van der Waals surface area contributed by atoms with E-state index in [4.69, 9.17) is 21.4 Å². The van der Waals surface area contributed by atoms with E-state index in [1.807, 2.05) is 26.8 Å². The Morgan fingerprint density at radius 2 is 1.08 bits per heavy atom. The Bertz CT molecular complexity index is 1320. The van der Waals surface area contributed by atoms with Crippen molar-refractivity contribution < 1.29 is 55.2 Å². The summed E-state index contributed by atoms with van der Waals surface area (Å²) in [6.45, 7) is 11.4. The van der Waals surface area contributed by atoms with Crippen molar-refractivity contribution in [3.05, 3.63) is 95.1 Å². The van der Waals surface area contributed by atoms with Gasteiger partial charge in [0.15, 0.2) is 0 Å². The number of ether oxygens (including phenoxy) is 3. The van der Waals surface area contributed by atoms with Gasteiger partial charge >= 0.3 is 18.3 Å². The van der Waals surface area contributed by atoms with Crippen molar-refractivity contribution in [2.24, 2.45) is 0 Å². The maximum atomic E-state index is 13.7. The van der Waals surface area contributed by atoms with Crippen LogP contribution in [0.5, 0.6) is 0 Å². The topological polar surface area (TPSA) is 82.1 Å². The zero-order chi connectivity index (χ0) is 38.1. The van der Waals surface area contributed by atoms with Crippen LogP contribution in [0.2, 0.25) is 0 Å². The molecular formula is C36H47ClF6O6. The van der Waals surface area contributed by atoms with Gasteiger partial charge in [-0.1, -0.05) is 84.0 Å². The summed E-state index contributed by atoms with van der Waals surface area (Å²) in [7, 11) is 1.65. The minimum Gasteiger partial charge on any atom is -0.460 e. The van der Waals surface area contributed by atoms with Gasteiger partial charge < -0.3 is 19.3 Å². The fraction of sp³-hybridized carbons (Fsp3) is 0.500. The molecule has 13 heteroatoms. The highest BCUT2D eigenvalue weighted by atomic mass is 35.5. The van der Waals surface area contributed by atoms with Crippen LogP contribution in [0.15, 0.2) is 84.0 Å². The Hall–Kier alpha value is -3.19. The van der Waals surface area contributed by atoms with Gasteiger partial charge in [-0.25, -0.2) is 4.79 Å². The van der Waals surface area contributed by atoms with Gasteiger partial charge in [-0.2, -0.15) is 26.3 Å². The smallest absolute Gasteiger partial charge is 0.432 e. The molecule has 0 saturated carbocycles. The van der Waals surface area contributed by atoms with Gasteiger partial charge in [-0.15, -0.1) is 0 Å². The molecular weight excluding hydrogens is 678 g/mol. The van der Waals surface area contributed by atoms with Crippen LogP contribution in [0.1, 0.15) is 78.4 Å². The Morgan fingerprint density at radius 3 is 1.39 bits per heavy atom. The van der Waals surface area contributed by atoms with Gasteiger partial charge in [0.2, 0.25) is 0 Å². The number of allylic oxidation sites excluding steroid dienone is 4. The highest BCUT2D eigenvalue weighted by Crippen LogP contribution is 2.44. The van der Waals surface area contributed by atoms with Crippen molar-refractivity contribution >= 4 is 22.8 Å². The molecule has 49 heavy (non-hydrogen) atoms. The van der Waals surface area contributed by atoms with Crippen molar-refractivity contribution in [2.45, 2.75) is 103 Å². The molecule has 0 heterocycles. The number of rotatable bonds is 13. The lowest BCUT2D eigenvalue weighted by Crippen LogP contribution is -2.52. The van der Waals surface area contributed by atoms with Crippen molar-refractivity contribution in [3.63, 3.8) is 0 Å². The van der Waals surface area contributed by atoms with Gasteiger partial charge in [0.25, 0.3) is 16.4 Å². The first-order valence-corrected chi connectivity index (χ1v) is 15.7. The molecule has 0 fully saturated rings. The number of hydrogen-bond donors (Lipinski definition) is 1. The monoisotopic (exact) mass is 724 g/mol. The number of carbonyl (C=O) groups is 2. The van der Waals surface area contributed by atoms with Crippen molar-refractivity contribution in [1.82, 2.24) is 0 Å². The van der Waals surface area contributed by atoms with Crippen LogP contribution in [0.4, 0.5) is 26.3 Å². The largest absolute Gasteiger partial charge is 0.460 e. The predicted octanol–water partition coefficient (Wildman–Crippen LogP) is 9.74. The van der Waals surface area contributed by atoms with E-state index >= 15 is 0 Å². The van der Waals surface area contributed by atoms with Crippen LogP contribution in [0, 0.1) is 0 Å². The maximum Gasteiger partial charge on any atom is 0.432 e. The number of hydrogen-bond acceptors (Lipinski definition) is 6. The number of alkyl halides is 6. The second-order valence-corrected chi connectivity index (χ2v) is 11.9. The Kier molecular flexibility index (Phi) is 19.7. The molecule has 0 saturated heterocycles. The average molecular weight is 725 g/mol. The van der Waals surface area contributed by atoms with Crippen molar-refractivity contribution in [2.75, 3.05) is 14.2 Å². The van der Waals surface area contributed by atoms with Crippen LogP contribution in [0.3, 0.4) is 0 Å². The van der Waals surface area contributed by atoms with Gasteiger partial charge in [0, 0.05) is 25.3 Å². The summed E-state index contributed by atoms with van der Waals surface area (Å²) in [5.74, 6) is -1.45. The van der Waals surface area contributed by atoms with E-state index in [-0.39, 0.29) is 17.2 Å². The van der Waals surface area contributed by atoms with E-state index in [1.54, 1.807) is 13.0 Å². The number of esters is 1. The zero-order valence-corrected chi connectivity index (χ0v) is 29.8. The molecule has 2 aromatic carbocycles.